The lowest BCUT2D eigenvalue weighted by molar-refractivity contribution is 0.446. The fourth-order valence-corrected chi connectivity index (χ4v) is 10.9. The van der Waals surface area contributed by atoms with Crippen LogP contribution in [0.5, 0.6) is 5.75 Å². The fraction of sp³-hybridized carbons (Fsp3) is 0.265. The van der Waals surface area contributed by atoms with Gasteiger partial charge in [-0.1, -0.05) is 197 Å². The molecule has 0 bridgehead atoms. The first-order valence-electron chi connectivity index (χ1n) is 26.3. The molecule has 4 heterocycles. The number of aromatic nitrogens is 3. The highest BCUT2D eigenvalue weighted by molar-refractivity contribution is 6.85. The van der Waals surface area contributed by atoms with Crippen LogP contribution in [0.4, 0.5) is 0 Å². The molecule has 10 rings (SSSR count). The van der Waals surface area contributed by atoms with E-state index in [4.69, 9.17) is 9.97 Å². The third-order valence-corrected chi connectivity index (χ3v) is 15.1. The van der Waals surface area contributed by atoms with E-state index >= 15 is 0 Å². The summed E-state index contributed by atoms with van der Waals surface area (Å²) in [6.45, 7) is 31.2. The summed E-state index contributed by atoms with van der Waals surface area (Å²) in [6, 6.07) is 50.7. The van der Waals surface area contributed by atoms with Gasteiger partial charge >= 0.3 is 6.85 Å². The Kier molecular flexibility index (Phi) is 12.5. The number of nitrogens with zero attached hydrogens (tertiary/aromatic N) is 4. The molecule has 5 nitrogen and oxygen atoms in total. The van der Waals surface area contributed by atoms with Crippen LogP contribution in [0.3, 0.4) is 0 Å². The van der Waals surface area contributed by atoms with E-state index in [2.05, 4.69) is 270 Å². The van der Waals surface area contributed by atoms with E-state index in [1.54, 1.807) is 0 Å². The predicted molar refractivity (Wildman–Crippen MR) is 313 cm³/mol. The maximum absolute atomic E-state index is 13.1. The van der Waals surface area contributed by atoms with Crippen LogP contribution in [0.2, 0.25) is 0 Å². The van der Waals surface area contributed by atoms with Gasteiger partial charge in [-0.25, -0.2) is 4.98 Å². The number of phenols is 1. The van der Waals surface area contributed by atoms with Crippen molar-refractivity contribution in [1.82, 2.24) is 19.3 Å². The Labute approximate surface area is 441 Å². The zero-order valence-corrected chi connectivity index (χ0v) is 46.0. The van der Waals surface area contributed by atoms with Crippen molar-refractivity contribution < 1.29 is 5.11 Å². The summed E-state index contributed by atoms with van der Waals surface area (Å²) in [5, 5.41) is 13.1. The maximum atomic E-state index is 13.1. The third kappa shape index (κ3) is 9.18. The van der Waals surface area contributed by atoms with Gasteiger partial charge in [-0.15, -0.1) is 0 Å². The van der Waals surface area contributed by atoms with Gasteiger partial charge in [0.25, 0.3) is 0 Å². The molecule has 0 aliphatic carbocycles. The molecular formula is C68H71BN4O. The molecular weight excluding hydrogens is 900 g/mol. The molecule has 0 radical (unpaired) electrons. The number of pyridine rings is 1. The Morgan fingerprint density at radius 2 is 1.12 bits per heavy atom. The van der Waals surface area contributed by atoms with Crippen LogP contribution in [0, 0.1) is 13.8 Å². The summed E-state index contributed by atoms with van der Waals surface area (Å²) < 4.78 is 2.43. The van der Waals surface area contributed by atoms with Crippen molar-refractivity contribution in [2.75, 3.05) is 0 Å². The Hall–Kier alpha value is -7.44. The lowest BCUT2D eigenvalue weighted by Crippen LogP contribution is -2.60. The average Bonchev–Trinajstić information content (AvgIpc) is 3.77. The van der Waals surface area contributed by atoms with Crippen molar-refractivity contribution in [3.05, 3.63) is 220 Å². The normalized spacial score (nSPS) is 13.9. The van der Waals surface area contributed by atoms with Gasteiger partial charge < -0.3 is 14.5 Å². The van der Waals surface area contributed by atoms with Crippen LogP contribution >= 0.6 is 0 Å². The lowest BCUT2D eigenvalue weighted by Gasteiger charge is -2.39. The summed E-state index contributed by atoms with van der Waals surface area (Å²) in [5.41, 5.74) is 20.2. The standard InChI is InChI=1S/C68H71BN4O/c1-43-24-23-25-44(2)60(43)69-63-61(59(58-30-21-22-35-72(58)69)49-36-48(37-51(38-49)66(6,7)8)56-39-47(33-34-70-56)45-26-17-15-18-27-45)71-64(54-41-52(67(9,10)11)42-55(62(54)74)68(12,13)14)73(63)57-32-31-50(65(3,4)5)40-53(57)46-28-19-16-20-29-46/h15-42,74H,1-14H3. The second-order valence-electron chi connectivity index (χ2n) is 24.7. The van der Waals surface area contributed by atoms with Gasteiger partial charge in [0.1, 0.15) is 11.6 Å². The van der Waals surface area contributed by atoms with Crippen LogP contribution in [0.25, 0.3) is 56.2 Å². The molecule has 2 aromatic heterocycles. The predicted octanol–water partition coefficient (Wildman–Crippen LogP) is 15.7. The van der Waals surface area contributed by atoms with Gasteiger partial charge in [0, 0.05) is 39.8 Å². The highest BCUT2D eigenvalue weighted by atomic mass is 16.3. The average molecular weight is 971 g/mol. The second-order valence-corrected chi connectivity index (χ2v) is 24.7. The van der Waals surface area contributed by atoms with E-state index in [1.165, 1.54) is 27.7 Å². The quantitative estimate of drug-likeness (QED) is 0.162. The van der Waals surface area contributed by atoms with E-state index < -0.39 is 0 Å². The number of allylic oxidation sites excluding steroid dienone is 3. The number of hydrogen-bond donors (Lipinski definition) is 1. The van der Waals surface area contributed by atoms with E-state index in [0.29, 0.717) is 11.4 Å². The van der Waals surface area contributed by atoms with Crippen molar-refractivity contribution >= 4 is 23.5 Å². The van der Waals surface area contributed by atoms with Crippen LogP contribution in [0.15, 0.2) is 176 Å². The minimum absolute atomic E-state index is 0.123. The molecule has 6 heteroatoms. The molecule has 372 valence electrons. The molecule has 6 aromatic carbocycles. The molecule has 0 saturated carbocycles. The first kappa shape index (κ1) is 50.1. The molecule has 0 fully saturated rings. The molecule has 74 heavy (non-hydrogen) atoms. The molecule has 0 atom stereocenters. The lowest BCUT2D eigenvalue weighted by atomic mass is 9.46. The molecule has 0 amide bonds. The minimum Gasteiger partial charge on any atom is -0.507 e. The van der Waals surface area contributed by atoms with E-state index in [9.17, 15) is 5.11 Å². The number of aryl methyl sites for hydroxylation is 2. The van der Waals surface area contributed by atoms with E-state index in [-0.39, 0.29) is 34.3 Å². The van der Waals surface area contributed by atoms with E-state index in [0.717, 1.165) is 78.4 Å². The van der Waals surface area contributed by atoms with Crippen molar-refractivity contribution in [2.45, 2.75) is 119 Å². The van der Waals surface area contributed by atoms with Gasteiger partial charge in [0.15, 0.2) is 0 Å². The number of imidazole rings is 1. The number of rotatable bonds is 7. The Morgan fingerprint density at radius 3 is 1.76 bits per heavy atom. The summed E-state index contributed by atoms with van der Waals surface area (Å²) in [6.07, 6.45) is 10.8. The van der Waals surface area contributed by atoms with Crippen LogP contribution in [-0.4, -0.2) is 31.3 Å². The Morgan fingerprint density at radius 1 is 0.514 bits per heavy atom. The zero-order valence-electron chi connectivity index (χ0n) is 46.0. The third-order valence-electron chi connectivity index (χ3n) is 15.1. The molecule has 2 aliphatic heterocycles. The topological polar surface area (TPSA) is 54.2 Å². The molecule has 8 aromatic rings. The SMILES string of the molecule is Cc1cccc(C)c1B1c2c(nc(-c3cc(C(C)(C)C)cc(C(C)(C)C)c3O)n2-c2ccc(C(C)(C)C)cc2-c2ccccc2)C(c2cc(-c3cc(-c4ccccc4)ccn3)cc(C(C)(C)C)c2)=C2C=CC=CN12. The monoisotopic (exact) mass is 971 g/mol. The highest BCUT2D eigenvalue weighted by Gasteiger charge is 2.45. The van der Waals surface area contributed by atoms with Crippen LogP contribution < -0.4 is 11.1 Å². The number of phenolic OH excluding ortho intramolecular Hbond substituents is 1. The Balaban J connectivity index is 1.40. The number of hydrogen-bond acceptors (Lipinski definition) is 4. The summed E-state index contributed by atoms with van der Waals surface area (Å²) in [7, 11) is 0. The minimum atomic E-state index is -0.374. The van der Waals surface area contributed by atoms with E-state index in [1.807, 2.05) is 6.20 Å². The summed E-state index contributed by atoms with van der Waals surface area (Å²) in [4.78, 5) is 13.6. The fourth-order valence-electron chi connectivity index (χ4n) is 10.9. The van der Waals surface area contributed by atoms with Gasteiger partial charge in [-0.05, 0) is 141 Å². The maximum Gasteiger partial charge on any atom is 0.349 e. The summed E-state index contributed by atoms with van der Waals surface area (Å²) in [5.74, 6) is 0.940. The van der Waals surface area contributed by atoms with Crippen molar-refractivity contribution in [1.29, 1.82) is 0 Å². The molecule has 0 unspecified atom stereocenters. The zero-order chi connectivity index (χ0) is 52.6. The molecule has 0 spiro atoms. The molecule has 0 saturated heterocycles. The first-order valence-corrected chi connectivity index (χ1v) is 26.3. The largest absolute Gasteiger partial charge is 0.507 e. The molecule has 2 aliphatic rings. The van der Waals surface area contributed by atoms with Crippen molar-refractivity contribution in [2.24, 2.45) is 0 Å². The molecule has 1 N–H and O–H groups in total. The number of benzene rings is 6. The Bertz CT molecular complexity index is 3550. The number of aromatic hydroxyl groups is 1. The van der Waals surface area contributed by atoms with Gasteiger partial charge in [0.2, 0.25) is 0 Å². The number of fused-ring (bicyclic) bond motifs is 2. The van der Waals surface area contributed by atoms with Crippen LogP contribution in [-0.2, 0) is 21.7 Å². The van der Waals surface area contributed by atoms with Gasteiger partial charge in [-0.2, -0.15) is 0 Å². The van der Waals surface area contributed by atoms with Crippen molar-refractivity contribution in [3.8, 4) is 56.3 Å². The smallest absolute Gasteiger partial charge is 0.349 e. The van der Waals surface area contributed by atoms with Crippen LogP contribution in [0.1, 0.15) is 128 Å². The van der Waals surface area contributed by atoms with Gasteiger partial charge in [0.05, 0.1) is 22.6 Å². The summed E-state index contributed by atoms with van der Waals surface area (Å²) >= 11 is 0. The van der Waals surface area contributed by atoms with Gasteiger partial charge in [-0.3, -0.25) is 4.98 Å². The van der Waals surface area contributed by atoms with Crippen molar-refractivity contribution in [3.63, 3.8) is 0 Å². The second kappa shape index (κ2) is 18.5. The first-order chi connectivity index (χ1) is 35.0. The highest BCUT2D eigenvalue weighted by Crippen LogP contribution is 2.46.